The molecule has 0 aromatic heterocycles. The Morgan fingerprint density at radius 3 is 1.15 bits per heavy atom. The van der Waals surface area contributed by atoms with Crippen LogP contribution in [-0.4, -0.2) is 73.5 Å². The standard InChI is InChI=1S/C38H38N2O8/c1-45-29-15-23-25(17-31(29)47-3)35-34-24-16-30(46-2)32(48-4)18-26(24)36(40(38(34)44)28(20-42)22-13-9-6-10-14-22)33(23)37(43)39(35)27(19-41)21-11-7-5-8-12-21/h5-18,27-28,33-36,41-42H,19-20H2,1-4H3/t27-,28-,33-,34-,35+,36+/m0/s1. The van der Waals surface area contributed by atoms with Gasteiger partial charge in [0.05, 0.1) is 77.7 Å². The number of benzene rings is 4. The van der Waals surface area contributed by atoms with Crippen molar-refractivity contribution in [2.24, 2.45) is 0 Å². The highest BCUT2D eigenvalue weighted by Crippen LogP contribution is 2.62. The Morgan fingerprint density at radius 2 is 0.854 bits per heavy atom. The number of hydrogen-bond donors (Lipinski definition) is 2. The zero-order chi connectivity index (χ0) is 33.7. The molecule has 7 rings (SSSR count). The lowest BCUT2D eigenvalue weighted by atomic mass is 9.64. The number of methoxy groups -OCH3 is 4. The van der Waals surface area contributed by atoms with Crippen molar-refractivity contribution in [1.82, 2.24) is 9.80 Å². The maximum absolute atomic E-state index is 15.3. The highest BCUT2D eigenvalue weighted by atomic mass is 16.5. The van der Waals surface area contributed by atoms with Gasteiger partial charge in [-0.15, -0.1) is 0 Å². The summed E-state index contributed by atoms with van der Waals surface area (Å²) in [5, 5.41) is 22.0. The Labute approximate surface area is 279 Å². The molecule has 0 spiro atoms. The summed E-state index contributed by atoms with van der Waals surface area (Å²) < 4.78 is 23.0. The predicted molar refractivity (Wildman–Crippen MR) is 176 cm³/mol. The Kier molecular flexibility index (Phi) is 8.22. The van der Waals surface area contributed by atoms with Crippen LogP contribution in [0.2, 0.25) is 0 Å². The van der Waals surface area contributed by atoms with E-state index in [0.29, 0.717) is 34.1 Å². The Hall–Kier alpha value is -5.06. The topological polar surface area (TPSA) is 118 Å². The molecule has 248 valence electrons. The Bertz CT molecular complexity index is 1710. The van der Waals surface area contributed by atoms with E-state index in [1.165, 1.54) is 0 Å². The smallest absolute Gasteiger partial charge is 0.233 e. The van der Waals surface area contributed by atoms with Gasteiger partial charge in [0.2, 0.25) is 11.8 Å². The molecule has 2 amide bonds. The first-order valence-corrected chi connectivity index (χ1v) is 15.9. The van der Waals surface area contributed by atoms with Crippen LogP contribution in [0.3, 0.4) is 0 Å². The van der Waals surface area contributed by atoms with Crippen LogP contribution in [0.1, 0.15) is 69.4 Å². The van der Waals surface area contributed by atoms with Gasteiger partial charge in [-0.1, -0.05) is 60.7 Å². The van der Waals surface area contributed by atoms with Gasteiger partial charge in [-0.2, -0.15) is 0 Å². The van der Waals surface area contributed by atoms with Crippen molar-refractivity contribution in [1.29, 1.82) is 0 Å². The van der Waals surface area contributed by atoms with Crippen LogP contribution in [0.5, 0.6) is 23.0 Å². The maximum Gasteiger partial charge on any atom is 0.233 e. The van der Waals surface area contributed by atoms with Gasteiger partial charge in [0.15, 0.2) is 23.0 Å². The second-order valence-corrected chi connectivity index (χ2v) is 12.2. The zero-order valence-corrected chi connectivity index (χ0v) is 27.2. The number of aliphatic hydroxyl groups is 2. The first kappa shape index (κ1) is 31.5. The molecule has 0 unspecified atom stereocenters. The molecule has 4 aromatic rings. The normalized spacial score (nSPS) is 22.0. The van der Waals surface area contributed by atoms with E-state index in [1.807, 2.05) is 84.9 Å². The third-order valence-corrected chi connectivity index (χ3v) is 10.1. The molecule has 10 heteroatoms. The van der Waals surface area contributed by atoms with Gasteiger partial charge in [0, 0.05) is 0 Å². The summed E-state index contributed by atoms with van der Waals surface area (Å²) in [6.07, 6.45) is 0. The molecule has 3 aliphatic rings. The van der Waals surface area contributed by atoms with Crippen LogP contribution in [0, 0.1) is 0 Å². The molecule has 0 radical (unpaired) electrons. The lowest BCUT2D eigenvalue weighted by Crippen LogP contribution is -2.60. The number of hydrogen-bond acceptors (Lipinski definition) is 8. The highest BCUT2D eigenvalue weighted by Gasteiger charge is 2.60. The van der Waals surface area contributed by atoms with Crippen LogP contribution >= 0.6 is 0 Å². The average Bonchev–Trinajstić information content (AvgIpc) is 3.12. The van der Waals surface area contributed by atoms with Gasteiger partial charge in [0.1, 0.15) is 0 Å². The zero-order valence-electron chi connectivity index (χ0n) is 27.2. The fraction of sp³-hybridized carbons (Fsp3) is 0.316. The number of carbonyl (C=O) groups is 2. The predicted octanol–water partition coefficient (Wildman–Crippen LogP) is 4.84. The number of ether oxygens (including phenoxy) is 4. The second kappa shape index (κ2) is 12.5. The molecule has 0 saturated carbocycles. The van der Waals surface area contributed by atoms with E-state index in [2.05, 4.69) is 0 Å². The third-order valence-electron chi connectivity index (χ3n) is 10.1. The average molecular weight is 651 g/mol. The van der Waals surface area contributed by atoms with Crippen molar-refractivity contribution in [3.8, 4) is 23.0 Å². The van der Waals surface area contributed by atoms with Gasteiger partial charge in [-0.3, -0.25) is 9.59 Å². The van der Waals surface area contributed by atoms with Gasteiger partial charge < -0.3 is 39.0 Å². The quantitative estimate of drug-likeness (QED) is 0.251. The SMILES string of the molecule is COc1cc2c(cc1OC)[C@@H]1C(=O)N([C@@H](CO)c3ccccc3)[C@H]2[C@H]2C(=O)N([C@@H](CO)c3ccccc3)[C@@H]1c1cc(OC)c(OC)cc12. The van der Waals surface area contributed by atoms with Crippen LogP contribution in [0.4, 0.5) is 0 Å². The molecular weight excluding hydrogens is 612 g/mol. The van der Waals surface area contributed by atoms with Crippen molar-refractivity contribution < 1.29 is 38.7 Å². The molecule has 1 aliphatic carbocycles. The highest BCUT2D eigenvalue weighted by molar-refractivity contribution is 5.97. The molecule has 2 aliphatic heterocycles. The second-order valence-electron chi connectivity index (χ2n) is 12.2. The first-order chi connectivity index (χ1) is 23.4. The van der Waals surface area contributed by atoms with Gasteiger partial charge in [-0.25, -0.2) is 0 Å². The van der Waals surface area contributed by atoms with E-state index in [4.69, 9.17) is 18.9 Å². The molecule has 48 heavy (non-hydrogen) atoms. The maximum atomic E-state index is 15.3. The number of carbonyl (C=O) groups excluding carboxylic acids is 2. The minimum absolute atomic E-state index is 0.250. The van der Waals surface area contributed by atoms with Crippen LogP contribution in [0.25, 0.3) is 0 Å². The summed E-state index contributed by atoms with van der Waals surface area (Å²) in [6.45, 7) is -0.724. The fourth-order valence-corrected chi connectivity index (χ4v) is 8.08. The van der Waals surface area contributed by atoms with Crippen LogP contribution in [0.15, 0.2) is 84.9 Å². The molecule has 0 saturated heterocycles. The minimum Gasteiger partial charge on any atom is -0.493 e. The summed E-state index contributed by atoms with van der Waals surface area (Å²) in [5.41, 5.74) is 4.34. The van der Waals surface area contributed by atoms with Crippen molar-refractivity contribution >= 4 is 11.8 Å². The van der Waals surface area contributed by atoms with E-state index in [9.17, 15) is 10.2 Å². The van der Waals surface area contributed by atoms with Gasteiger partial charge >= 0.3 is 0 Å². The summed E-state index contributed by atoms with van der Waals surface area (Å²) in [5.74, 6) is -0.582. The molecule has 2 N–H and O–H groups in total. The van der Waals surface area contributed by atoms with Gasteiger partial charge in [0.25, 0.3) is 0 Å². The molecule has 2 heterocycles. The molecule has 4 aromatic carbocycles. The number of rotatable bonds is 10. The van der Waals surface area contributed by atoms with Crippen LogP contribution in [-0.2, 0) is 9.59 Å². The largest absolute Gasteiger partial charge is 0.493 e. The number of fused-ring (bicyclic) bond motifs is 2. The van der Waals surface area contributed by atoms with Crippen molar-refractivity contribution in [3.05, 3.63) is 118 Å². The Balaban J connectivity index is 1.58. The number of amides is 2. The summed E-state index contributed by atoms with van der Waals surface area (Å²) in [6, 6.07) is 22.8. The van der Waals surface area contributed by atoms with Gasteiger partial charge in [-0.05, 0) is 57.6 Å². The van der Waals surface area contributed by atoms with E-state index < -0.39 is 36.0 Å². The van der Waals surface area contributed by atoms with Crippen molar-refractivity contribution in [2.75, 3.05) is 41.7 Å². The van der Waals surface area contributed by atoms with Crippen LogP contribution < -0.4 is 18.9 Å². The number of nitrogens with zero attached hydrogens (tertiary/aromatic N) is 2. The lowest BCUT2D eigenvalue weighted by molar-refractivity contribution is -0.160. The summed E-state index contributed by atoms with van der Waals surface area (Å²) in [7, 11) is 6.18. The summed E-state index contributed by atoms with van der Waals surface area (Å²) in [4.78, 5) is 34.0. The Morgan fingerprint density at radius 1 is 0.542 bits per heavy atom. The molecule has 4 bridgehead atoms. The first-order valence-electron chi connectivity index (χ1n) is 15.9. The monoisotopic (exact) mass is 650 g/mol. The van der Waals surface area contributed by atoms with Crippen molar-refractivity contribution in [2.45, 2.75) is 36.0 Å². The van der Waals surface area contributed by atoms with Crippen molar-refractivity contribution in [3.63, 3.8) is 0 Å². The molecule has 6 atom stereocenters. The lowest BCUT2D eigenvalue weighted by Gasteiger charge is -2.58. The fourth-order valence-electron chi connectivity index (χ4n) is 8.08. The van der Waals surface area contributed by atoms with E-state index in [1.54, 1.807) is 38.2 Å². The van der Waals surface area contributed by atoms with E-state index in [0.717, 1.165) is 22.3 Å². The molecular formula is C38H38N2O8. The van der Waals surface area contributed by atoms with E-state index in [-0.39, 0.29) is 25.0 Å². The minimum atomic E-state index is -0.950. The summed E-state index contributed by atoms with van der Waals surface area (Å²) >= 11 is 0. The molecule has 0 fully saturated rings. The molecule has 10 nitrogen and oxygen atoms in total. The number of aliphatic hydroxyl groups excluding tert-OH is 2. The van der Waals surface area contributed by atoms with E-state index >= 15 is 9.59 Å². The third kappa shape index (κ3) is 4.62.